The second-order valence-electron chi connectivity index (χ2n) is 3.35. The maximum atomic E-state index is 11.3. The molecule has 1 aliphatic rings. The maximum absolute atomic E-state index is 11.3. The molecule has 2 rings (SSSR count). The summed E-state index contributed by atoms with van der Waals surface area (Å²) < 4.78 is 1.64. The molecule has 14 heavy (non-hydrogen) atoms. The van der Waals surface area contributed by atoms with Crippen LogP contribution in [0.1, 0.15) is 11.3 Å². The summed E-state index contributed by atoms with van der Waals surface area (Å²) in [5.74, 6) is 0.645. The highest BCUT2D eigenvalue weighted by Crippen LogP contribution is 2.26. The number of nitrogens with two attached hydrogens (primary N) is 1. The Hall–Kier alpha value is -1.72. The van der Waals surface area contributed by atoms with Gasteiger partial charge in [-0.2, -0.15) is 5.10 Å². The molecule has 0 bridgehead atoms. The number of carbonyl (C=O) groups is 1. The van der Waals surface area contributed by atoms with Gasteiger partial charge in [-0.05, 0) is 0 Å². The molecule has 0 unspecified atom stereocenters. The average molecular weight is 195 g/mol. The van der Waals surface area contributed by atoms with Gasteiger partial charge < -0.3 is 16.0 Å². The fraction of sp³-hybridized carbons (Fsp3) is 0.500. The molecule has 2 amide bonds. The van der Waals surface area contributed by atoms with Crippen LogP contribution in [0, 0.1) is 0 Å². The molecule has 1 aromatic rings. The Balaban J connectivity index is 2.23. The zero-order valence-corrected chi connectivity index (χ0v) is 8.24. The highest BCUT2D eigenvalue weighted by atomic mass is 16.2. The van der Waals surface area contributed by atoms with Gasteiger partial charge in [-0.3, -0.25) is 4.68 Å². The number of urea groups is 1. The molecule has 76 valence electrons. The minimum Gasteiger partial charge on any atom is -0.384 e. The van der Waals surface area contributed by atoms with Crippen LogP contribution in [0.15, 0.2) is 0 Å². The summed E-state index contributed by atoms with van der Waals surface area (Å²) in [6.45, 7) is 1.09. The fourth-order valence-electron chi connectivity index (χ4n) is 1.67. The number of rotatable bonds is 0. The van der Waals surface area contributed by atoms with Crippen molar-refractivity contribution in [3.63, 3.8) is 0 Å². The van der Waals surface area contributed by atoms with Crippen LogP contribution in [0.4, 0.5) is 10.6 Å². The highest BCUT2D eigenvalue weighted by Gasteiger charge is 2.27. The summed E-state index contributed by atoms with van der Waals surface area (Å²) >= 11 is 0. The minimum absolute atomic E-state index is 0.0925. The third kappa shape index (κ3) is 1.11. The molecule has 0 saturated carbocycles. The standard InChI is InChI=1S/C8H13N5O/c1-10-8(14)13-3-5-6(4-13)11-12(2)7(5)9/h3-4,9H2,1-2H3,(H,10,14). The molecule has 0 saturated heterocycles. The number of aromatic nitrogens is 2. The lowest BCUT2D eigenvalue weighted by Gasteiger charge is -2.14. The molecule has 0 aromatic carbocycles. The van der Waals surface area contributed by atoms with E-state index in [-0.39, 0.29) is 6.03 Å². The van der Waals surface area contributed by atoms with Gasteiger partial charge in [-0.15, -0.1) is 0 Å². The Labute approximate surface area is 81.7 Å². The van der Waals surface area contributed by atoms with E-state index in [4.69, 9.17) is 5.73 Å². The van der Waals surface area contributed by atoms with Crippen LogP contribution in [-0.2, 0) is 20.1 Å². The number of anilines is 1. The van der Waals surface area contributed by atoms with Crippen molar-refractivity contribution in [1.82, 2.24) is 20.0 Å². The lowest BCUT2D eigenvalue weighted by Crippen LogP contribution is -2.34. The van der Waals surface area contributed by atoms with Crippen LogP contribution < -0.4 is 11.1 Å². The minimum atomic E-state index is -0.0925. The van der Waals surface area contributed by atoms with Crippen molar-refractivity contribution >= 4 is 11.8 Å². The molecule has 0 fully saturated rings. The summed E-state index contributed by atoms with van der Waals surface area (Å²) in [6.07, 6.45) is 0. The van der Waals surface area contributed by atoms with E-state index in [0.29, 0.717) is 18.9 Å². The topological polar surface area (TPSA) is 76.2 Å². The van der Waals surface area contributed by atoms with Crippen LogP contribution in [0.5, 0.6) is 0 Å². The van der Waals surface area contributed by atoms with Crippen LogP contribution in [-0.4, -0.2) is 27.8 Å². The number of carbonyl (C=O) groups excluding carboxylic acids is 1. The second kappa shape index (κ2) is 2.90. The number of hydrogen-bond donors (Lipinski definition) is 2. The number of nitrogens with one attached hydrogen (secondary N) is 1. The van der Waals surface area contributed by atoms with E-state index < -0.39 is 0 Å². The lowest BCUT2D eigenvalue weighted by molar-refractivity contribution is 0.200. The Morgan fingerprint density at radius 3 is 2.86 bits per heavy atom. The van der Waals surface area contributed by atoms with E-state index in [1.807, 2.05) is 0 Å². The maximum Gasteiger partial charge on any atom is 0.317 e. The summed E-state index contributed by atoms with van der Waals surface area (Å²) in [6, 6.07) is -0.0925. The SMILES string of the molecule is CNC(=O)N1Cc2nn(C)c(N)c2C1. The first kappa shape index (κ1) is 8.86. The van der Waals surface area contributed by atoms with Gasteiger partial charge in [0.1, 0.15) is 5.82 Å². The molecule has 0 atom stereocenters. The van der Waals surface area contributed by atoms with E-state index in [9.17, 15) is 4.79 Å². The molecule has 0 radical (unpaired) electrons. The van der Waals surface area contributed by atoms with E-state index in [1.54, 1.807) is 23.7 Å². The average Bonchev–Trinajstić information content (AvgIpc) is 2.68. The summed E-state index contributed by atoms with van der Waals surface area (Å²) in [7, 11) is 3.42. The number of nitrogens with zero attached hydrogens (tertiary/aromatic N) is 3. The second-order valence-corrected chi connectivity index (χ2v) is 3.35. The van der Waals surface area contributed by atoms with E-state index in [1.165, 1.54) is 0 Å². The highest BCUT2D eigenvalue weighted by molar-refractivity contribution is 5.75. The molecule has 1 aliphatic heterocycles. The molecule has 6 heteroatoms. The third-order valence-corrected chi connectivity index (χ3v) is 2.47. The Morgan fingerprint density at radius 2 is 2.29 bits per heavy atom. The number of fused-ring (bicyclic) bond motifs is 1. The van der Waals surface area contributed by atoms with Crippen molar-refractivity contribution < 1.29 is 4.79 Å². The number of amides is 2. The van der Waals surface area contributed by atoms with E-state index >= 15 is 0 Å². The summed E-state index contributed by atoms with van der Waals surface area (Å²) in [5, 5.41) is 6.80. The number of aryl methyl sites for hydroxylation is 1. The quantitative estimate of drug-likeness (QED) is 0.594. The fourth-order valence-corrected chi connectivity index (χ4v) is 1.67. The van der Waals surface area contributed by atoms with Gasteiger partial charge in [0, 0.05) is 19.7 Å². The van der Waals surface area contributed by atoms with Gasteiger partial charge in [0.15, 0.2) is 0 Å². The lowest BCUT2D eigenvalue weighted by atomic mass is 10.3. The van der Waals surface area contributed by atoms with Crippen molar-refractivity contribution in [3.8, 4) is 0 Å². The third-order valence-electron chi connectivity index (χ3n) is 2.47. The van der Waals surface area contributed by atoms with Crippen LogP contribution in [0.3, 0.4) is 0 Å². The monoisotopic (exact) mass is 195 g/mol. The number of hydrogen-bond acceptors (Lipinski definition) is 3. The van der Waals surface area contributed by atoms with Crippen LogP contribution in [0.25, 0.3) is 0 Å². The molecule has 1 aromatic heterocycles. The van der Waals surface area contributed by atoms with Gasteiger partial charge in [0.25, 0.3) is 0 Å². The predicted octanol–water partition coefficient (Wildman–Crippen LogP) is -0.343. The van der Waals surface area contributed by atoms with Crippen LogP contribution in [0.2, 0.25) is 0 Å². The van der Waals surface area contributed by atoms with Crippen molar-refractivity contribution in [2.75, 3.05) is 12.8 Å². The normalized spacial score (nSPS) is 14.3. The molecule has 6 nitrogen and oxygen atoms in total. The predicted molar refractivity (Wildman–Crippen MR) is 51.3 cm³/mol. The van der Waals surface area contributed by atoms with Gasteiger partial charge in [0.05, 0.1) is 18.8 Å². The molecular formula is C8H13N5O. The van der Waals surface area contributed by atoms with Crippen molar-refractivity contribution in [1.29, 1.82) is 0 Å². The zero-order chi connectivity index (χ0) is 10.3. The smallest absolute Gasteiger partial charge is 0.317 e. The Morgan fingerprint density at radius 1 is 1.57 bits per heavy atom. The van der Waals surface area contributed by atoms with Crippen molar-refractivity contribution in [2.45, 2.75) is 13.1 Å². The Kier molecular flexibility index (Phi) is 1.83. The zero-order valence-electron chi connectivity index (χ0n) is 8.24. The first-order valence-electron chi connectivity index (χ1n) is 4.40. The van der Waals surface area contributed by atoms with Crippen molar-refractivity contribution in [3.05, 3.63) is 11.3 Å². The van der Waals surface area contributed by atoms with E-state index in [0.717, 1.165) is 11.3 Å². The van der Waals surface area contributed by atoms with Gasteiger partial charge in [0.2, 0.25) is 0 Å². The van der Waals surface area contributed by atoms with Crippen molar-refractivity contribution in [2.24, 2.45) is 7.05 Å². The summed E-state index contributed by atoms with van der Waals surface area (Å²) in [5.41, 5.74) is 7.67. The van der Waals surface area contributed by atoms with E-state index in [2.05, 4.69) is 10.4 Å². The van der Waals surface area contributed by atoms with Gasteiger partial charge in [-0.25, -0.2) is 4.79 Å². The molecular weight excluding hydrogens is 182 g/mol. The first-order chi connectivity index (χ1) is 6.63. The summed E-state index contributed by atoms with van der Waals surface area (Å²) in [4.78, 5) is 13.0. The molecule has 3 N–H and O–H groups in total. The number of nitrogen functional groups attached to an aromatic ring is 1. The van der Waals surface area contributed by atoms with Gasteiger partial charge in [-0.1, -0.05) is 0 Å². The molecule has 0 aliphatic carbocycles. The largest absolute Gasteiger partial charge is 0.384 e. The Bertz CT molecular complexity index is 383. The first-order valence-corrected chi connectivity index (χ1v) is 4.40. The molecule has 2 heterocycles. The van der Waals surface area contributed by atoms with Crippen LogP contribution >= 0.6 is 0 Å². The van der Waals surface area contributed by atoms with Gasteiger partial charge >= 0.3 is 6.03 Å². The molecule has 0 spiro atoms.